The van der Waals surface area contributed by atoms with Gasteiger partial charge in [-0.2, -0.15) is 0 Å². The first-order valence-electron chi connectivity index (χ1n) is 6.09. The maximum absolute atomic E-state index is 5.57. The number of hydrogen-bond acceptors (Lipinski definition) is 3. The van der Waals surface area contributed by atoms with E-state index in [1.54, 1.807) is 0 Å². The minimum Gasteiger partial charge on any atom is -0.379 e. The van der Waals surface area contributed by atoms with Crippen LogP contribution in [0.4, 0.5) is 5.95 Å². The van der Waals surface area contributed by atoms with Gasteiger partial charge in [0, 0.05) is 25.9 Å². The molecule has 0 bridgehead atoms. The molecule has 1 rings (SSSR count). The number of rotatable bonds is 8. The zero-order chi connectivity index (χ0) is 12.7. The van der Waals surface area contributed by atoms with E-state index < -0.39 is 0 Å². The molecule has 1 aromatic heterocycles. The number of imidazole rings is 1. The summed E-state index contributed by atoms with van der Waals surface area (Å²) in [5.74, 6) is 1.47. The lowest BCUT2D eigenvalue weighted by Gasteiger charge is -2.10. The lowest BCUT2D eigenvalue weighted by atomic mass is 10.2. The molecule has 0 unspecified atom stereocenters. The van der Waals surface area contributed by atoms with Gasteiger partial charge in [-0.05, 0) is 12.8 Å². The van der Waals surface area contributed by atoms with Crippen LogP contribution in [0.3, 0.4) is 0 Å². The second-order valence-electron chi connectivity index (χ2n) is 4.54. The molecule has 96 valence electrons. The van der Waals surface area contributed by atoms with Gasteiger partial charge in [-0.15, -0.1) is 6.58 Å². The highest BCUT2D eigenvalue weighted by atomic mass is 16.5. The van der Waals surface area contributed by atoms with Crippen molar-refractivity contribution in [1.82, 2.24) is 9.55 Å². The topological polar surface area (TPSA) is 39.1 Å². The van der Waals surface area contributed by atoms with Gasteiger partial charge >= 0.3 is 0 Å². The van der Waals surface area contributed by atoms with Gasteiger partial charge in [0.1, 0.15) is 0 Å². The SMILES string of the molecule is C=CCNc1nc(C)cn1CCOCC(C)C. The van der Waals surface area contributed by atoms with Gasteiger partial charge in [-0.3, -0.25) is 0 Å². The molecule has 0 aliphatic carbocycles. The van der Waals surface area contributed by atoms with Crippen LogP contribution in [0.5, 0.6) is 0 Å². The third-order valence-electron chi connectivity index (χ3n) is 2.23. The Morgan fingerprint density at radius 1 is 1.59 bits per heavy atom. The molecule has 4 heteroatoms. The maximum atomic E-state index is 5.57. The Hall–Kier alpha value is -1.29. The summed E-state index contributed by atoms with van der Waals surface area (Å²) in [4.78, 5) is 4.41. The summed E-state index contributed by atoms with van der Waals surface area (Å²) >= 11 is 0. The van der Waals surface area contributed by atoms with Crippen LogP contribution in [0.25, 0.3) is 0 Å². The average molecular weight is 237 g/mol. The van der Waals surface area contributed by atoms with E-state index in [1.807, 2.05) is 19.2 Å². The average Bonchev–Trinajstić information content (AvgIpc) is 2.62. The zero-order valence-corrected chi connectivity index (χ0v) is 11.1. The molecule has 17 heavy (non-hydrogen) atoms. The highest BCUT2D eigenvalue weighted by Crippen LogP contribution is 2.08. The minimum atomic E-state index is 0.581. The summed E-state index contributed by atoms with van der Waals surface area (Å²) in [6.07, 6.45) is 3.85. The molecule has 0 aromatic carbocycles. The molecule has 1 N–H and O–H groups in total. The highest BCUT2D eigenvalue weighted by molar-refractivity contribution is 5.29. The van der Waals surface area contributed by atoms with Crippen molar-refractivity contribution >= 4 is 5.95 Å². The Morgan fingerprint density at radius 2 is 2.35 bits per heavy atom. The fraction of sp³-hybridized carbons (Fsp3) is 0.615. The van der Waals surface area contributed by atoms with E-state index in [1.165, 1.54) is 0 Å². The van der Waals surface area contributed by atoms with E-state index in [2.05, 4.69) is 35.3 Å². The minimum absolute atomic E-state index is 0.581. The van der Waals surface area contributed by atoms with Crippen LogP contribution in [0.15, 0.2) is 18.9 Å². The van der Waals surface area contributed by atoms with Crippen molar-refractivity contribution in [2.75, 3.05) is 25.1 Å². The predicted octanol–water partition coefficient (Wildman–Crippen LogP) is 2.46. The van der Waals surface area contributed by atoms with Crippen molar-refractivity contribution in [2.24, 2.45) is 5.92 Å². The number of anilines is 1. The fourth-order valence-corrected chi connectivity index (χ4v) is 1.50. The van der Waals surface area contributed by atoms with Crippen molar-refractivity contribution in [2.45, 2.75) is 27.3 Å². The number of ether oxygens (including phenoxy) is 1. The van der Waals surface area contributed by atoms with E-state index >= 15 is 0 Å². The molecule has 0 amide bonds. The third kappa shape index (κ3) is 5.04. The molecule has 0 spiro atoms. The van der Waals surface area contributed by atoms with Gasteiger partial charge < -0.3 is 14.6 Å². The van der Waals surface area contributed by atoms with E-state index in [-0.39, 0.29) is 0 Å². The van der Waals surface area contributed by atoms with Crippen LogP contribution in [0.2, 0.25) is 0 Å². The summed E-state index contributed by atoms with van der Waals surface area (Å²) in [5.41, 5.74) is 1.01. The lowest BCUT2D eigenvalue weighted by molar-refractivity contribution is 0.103. The quantitative estimate of drug-likeness (QED) is 0.557. The monoisotopic (exact) mass is 237 g/mol. The van der Waals surface area contributed by atoms with Gasteiger partial charge in [0.2, 0.25) is 5.95 Å². The molecule has 0 aliphatic rings. The third-order valence-corrected chi connectivity index (χ3v) is 2.23. The standard InChI is InChI=1S/C13H23N3O/c1-5-6-14-13-15-12(4)9-16(13)7-8-17-10-11(2)3/h5,9,11H,1,6-8,10H2,2-4H3,(H,14,15). The van der Waals surface area contributed by atoms with Crippen LogP contribution < -0.4 is 5.32 Å². The number of aryl methyl sites for hydroxylation is 1. The summed E-state index contributed by atoms with van der Waals surface area (Å²) < 4.78 is 7.65. The molecule has 0 fully saturated rings. The zero-order valence-electron chi connectivity index (χ0n) is 11.1. The van der Waals surface area contributed by atoms with Crippen molar-refractivity contribution < 1.29 is 4.74 Å². The van der Waals surface area contributed by atoms with Crippen molar-refractivity contribution in [3.05, 3.63) is 24.5 Å². The summed E-state index contributed by atoms with van der Waals surface area (Å²) in [6, 6.07) is 0. The number of aromatic nitrogens is 2. The van der Waals surface area contributed by atoms with Crippen LogP contribution in [0, 0.1) is 12.8 Å². The Morgan fingerprint density at radius 3 is 3.00 bits per heavy atom. The van der Waals surface area contributed by atoms with Crippen LogP contribution >= 0.6 is 0 Å². The van der Waals surface area contributed by atoms with Gasteiger partial charge in [-0.1, -0.05) is 19.9 Å². The van der Waals surface area contributed by atoms with Crippen molar-refractivity contribution in [3.8, 4) is 0 Å². The summed E-state index contributed by atoms with van der Waals surface area (Å²) in [7, 11) is 0. The molecule has 4 nitrogen and oxygen atoms in total. The molecule has 0 atom stereocenters. The molecule has 1 aromatic rings. The Balaban J connectivity index is 2.42. The van der Waals surface area contributed by atoms with E-state index in [0.29, 0.717) is 5.92 Å². The highest BCUT2D eigenvalue weighted by Gasteiger charge is 2.04. The van der Waals surface area contributed by atoms with Gasteiger partial charge in [0.05, 0.1) is 12.3 Å². The number of hydrogen-bond donors (Lipinski definition) is 1. The van der Waals surface area contributed by atoms with Gasteiger partial charge in [0.15, 0.2) is 0 Å². The van der Waals surface area contributed by atoms with Crippen molar-refractivity contribution in [3.63, 3.8) is 0 Å². The number of nitrogens with one attached hydrogen (secondary N) is 1. The van der Waals surface area contributed by atoms with E-state index in [4.69, 9.17) is 4.74 Å². The summed E-state index contributed by atoms with van der Waals surface area (Å²) in [5, 5.41) is 3.21. The van der Waals surface area contributed by atoms with Gasteiger partial charge in [-0.25, -0.2) is 4.98 Å². The molecular weight excluding hydrogens is 214 g/mol. The molecule has 0 saturated heterocycles. The molecule has 0 radical (unpaired) electrons. The molecule has 1 heterocycles. The first-order chi connectivity index (χ1) is 8.13. The maximum Gasteiger partial charge on any atom is 0.203 e. The normalized spacial score (nSPS) is 10.8. The summed E-state index contributed by atoms with van der Waals surface area (Å²) in [6.45, 7) is 13.1. The molecule has 0 saturated carbocycles. The fourth-order valence-electron chi connectivity index (χ4n) is 1.50. The van der Waals surface area contributed by atoms with Crippen LogP contribution in [-0.2, 0) is 11.3 Å². The van der Waals surface area contributed by atoms with Crippen LogP contribution in [0.1, 0.15) is 19.5 Å². The second kappa shape index (κ2) is 7.12. The van der Waals surface area contributed by atoms with E-state index in [0.717, 1.165) is 37.9 Å². The predicted molar refractivity (Wildman–Crippen MR) is 71.3 cm³/mol. The van der Waals surface area contributed by atoms with Crippen molar-refractivity contribution in [1.29, 1.82) is 0 Å². The van der Waals surface area contributed by atoms with Crippen LogP contribution in [-0.4, -0.2) is 29.3 Å². The molecular formula is C13H23N3O. The van der Waals surface area contributed by atoms with E-state index in [9.17, 15) is 0 Å². The Kier molecular flexibility index (Phi) is 5.77. The second-order valence-corrected chi connectivity index (χ2v) is 4.54. The number of nitrogens with zero attached hydrogens (tertiary/aromatic N) is 2. The van der Waals surface area contributed by atoms with Gasteiger partial charge in [0.25, 0.3) is 0 Å². The lowest BCUT2D eigenvalue weighted by Crippen LogP contribution is -2.12. The Bertz CT molecular complexity index is 344. The Labute approximate surface area is 104 Å². The first kappa shape index (κ1) is 13.8. The smallest absolute Gasteiger partial charge is 0.203 e. The largest absolute Gasteiger partial charge is 0.379 e. The molecule has 0 aliphatic heterocycles. The first-order valence-corrected chi connectivity index (χ1v) is 6.09.